The van der Waals surface area contributed by atoms with Crippen LogP contribution >= 0.6 is 0 Å². The molecule has 0 spiro atoms. The maximum Gasteiger partial charge on any atom is 0.223 e. The molecular formula is C21H21FN2O2. The van der Waals surface area contributed by atoms with Crippen LogP contribution < -0.4 is 4.74 Å². The Hall–Kier alpha value is -2.82. The first-order valence-corrected chi connectivity index (χ1v) is 8.84. The van der Waals surface area contributed by atoms with Crippen molar-refractivity contribution in [3.05, 3.63) is 65.1 Å². The zero-order valence-electron chi connectivity index (χ0n) is 14.7. The number of amides is 1. The molecule has 1 N–H and O–H groups in total. The lowest BCUT2D eigenvalue weighted by Crippen LogP contribution is -2.35. The van der Waals surface area contributed by atoms with Crippen molar-refractivity contribution >= 4 is 16.8 Å². The molecule has 1 aliphatic heterocycles. The number of H-pyrrole nitrogens is 1. The number of hydrogen-bond acceptors (Lipinski definition) is 2. The van der Waals surface area contributed by atoms with Crippen LogP contribution in [0.2, 0.25) is 0 Å². The average Bonchev–Trinajstić information content (AvgIpc) is 3.04. The molecule has 0 radical (unpaired) electrons. The summed E-state index contributed by atoms with van der Waals surface area (Å²) < 4.78 is 18.7. The summed E-state index contributed by atoms with van der Waals surface area (Å²) in [6.07, 6.45) is 1.75. The predicted octanol–water partition coefficient (Wildman–Crippen LogP) is 3.83. The number of ether oxygens (including phenoxy) is 1. The molecule has 0 unspecified atom stereocenters. The van der Waals surface area contributed by atoms with E-state index in [0.717, 1.165) is 28.6 Å². The summed E-state index contributed by atoms with van der Waals surface area (Å²) in [6.45, 7) is 1.30. The van der Waals surface area contributed by atoms with Crippen molar-refractivity contribution in [2.75, 3.05) is 13.7 Å². The summed E-state index contributed by atoms with van der Waals surface area (Å²) in [6, 6.07) is 12.4. The highest BCUT2D eigenvalue weighted by atomic mass is 19.1. The fraction of sp³-hybridized carbons (Fsp3) is 0.286. The Balaban J connectivity index is 1.50. The van der Waals surface area contributed by atoms with Crippen molar-refractivity contribution in [2.45, 2.75) is 25.8 Å². The van der Waals surface area contributed by atoms with Gasteiger partial charge in [-0.1, -0.05) is 24.3 Å². The number of carbonyl (C=O) groups excluding carboxylic acids is 1. The van der Waals surface area contributed by atoms with Gasteiger partial charge in [-0.15, -0.1) is 0 Å². The Bertz CT molecular complexity index is 964. The lowest BCUT2D eigenvalue weighted by atomic mass is 10.0. The van der Waals surface area contributed by atoms with E-state index in [-0.39, 0.29) is 11.7 Å². The van der Waals surface area contributed by atoms with E-state index in [9.17, 15) is 9.18 Å². The third-order valence-corrected chi connectivity index (χ3v) is 5.06. The van der Waals surface area contributed by atoms with Crippen molar-refractivity contribution < 1.29 is 13.9 Å². The van der Waals surface area contributed by atoms with Crippen LogP contribution in [0.4, 0.5) is 4.39 Å². The van der Waals surface area contributed by atoms with E-state index in [1.165, 1.54) is 23.4 Å². The molecule has 5 heteroatoms. The second kappa shape index (κ2) is 6.83. The number of hydrogen-bond donors (Lipinski definition) is 1. The van der Waals surface area contributed by atoms with Gasteiger partial charge in [-0.05, 0) is 30.2 Å². The van der Waals surface area contributed by atoms with Crippen LogP contribution in [-0.2, 0) is 24.2 Å². The molecule has 0 saturated carbocycles. The molecule has 0 fully saturated rings. The van der Waals surface area contributed by atoms with Crippen LogP contribution in [0.5, 0.6) is 5.75 Å². The topological polar surface area (TPSA) is 45.3 Å². The van der Waals surface area contributed by atoms with Crippen LogP contribution in [0, 0.1) is 5.82 Å². The van der Waals surface area contributed by atoms with Gasteiger partial charge in [0, 0.05) is 42.6 Å². The number of aryl methyl sites for hydroxylation is 1. The number of halogens is 1. The molecule has 2 heterocycles. The molecule has 1 amide bonds. The van der Waals surface area contributed by atoms with Crippen LogP contribution in [0.1, 0.15) is 23.2 Å². The number of methoxy groups -OCH3 is 1. The monoisotopic (exact) mass is 352 g/mol. The Morgan fingerprint density at radius 3 is 2.92 bits per heavy atom. The summed E-state index contributed by atoms with van der Waals surface area (Å²) in [5, 5.41) is 1.11. The molecular weight excluding hydrogens is 331 g/mol. The second-order valence-corrected chi connectivity index (χ2v) is 6.66. The zero-order valence-corrected chi connectivity index (χ0v) is 14.7. The zero-order chi connectivity index (χ0) is 18.1. The predicted molar refractivity (Wildman–Crippen MR) is 98.7 cm³/mol. The molecule has 4 rings (SSSR count). The van der Waals surface area contributed by atoms with E-state index in [0.29, 0.717) is 25.9 Å². The first-order chi connectivity index (χ1) is 12.7. The molecule has 2 aromatic carbocycles. The molecule has 1 aromatic heterocycles. The minimum Gasteiger partial charge on any atom is -0.495 e. The van der Waals surface area contributed by atoms with Crippen molar-refractivity contribution in [1.82, 2.24) is 9.88 Å². The van der Waals surface area contributed by atoms with Gasteiger partial charge < -0.3 is 14.6 Å². The normalized spacial score (nSPS) is 13.7. The van der Waals surface area contributed by atoms with Gasteiger partial charge in [0.1, 0.15) is 11.6 Å². The maximum absolute atomic E-state index is 13.3. The fourth-order valence-electron chi connectivity index (χ4n) is 3.70. The summed E-state index contributed by atoms with van der Waals surface area (Å²) in [5.41, 5.74) is 4.20. The number of carbonyl (C=O) groups is 1. The smallest absolute Gasteiger partial charge is 0.223 e. The van der Waals surface area contributed by atoms with E-state index in [1.54, 1.807) is 13.2 Å². The summed E-state index contributed by atoms with van der Waals surface area (Å²) in [7, 11) is 1.66. The van der Waals surface area contributed by atoms with Crippen molar-refractivity contribution in [2.24, 2.45) is 0 Å². The first-order valence-electron chi connectivity index (χ1n) is 8.84. The second-order valence-electron chi connectivity index (χ2n) is 6.66. The van der Waals surface area contributed by atoms with Crippen molar-refractivity contribution in [3.8, 4) is 5.75 Å². The number of aromatic amines is 1. The number of benzene rings is 2. The van der Waals surface area contributed by atoms with Gasteiger partial charge in [-0.25, -0.2) is 4.39 Å². The van der Waals surface area contributed by atoms with E-state index in [2.05, 4.69) is 11.1 Å². The van der Waals surface area contributed by atoms with E-state index in [1.807, 2.05) is 23.1 Å². The minimum atomic E-state index is -0.259. The lowest BCUT2D eigenvalue weighted by molar-refractivity contribution is -0.132. The summed E-state index contributed by atoms with van der Waals surface area (Å²) in [4.78, 5) is 18.0. The molecule has 134 valence electrons. The third-order valence-electron chi connectivity index (χ3n) is 5.06. The molecule has 1 aliphatic rings. The van der Waals surface area contributed by atoms with Crippen molar-refractivity contribution in [1.29, 1.82) is 0 Å². The van der Waals surface area contributed by atoms with Gasteiger partial charge >= 0.3 is 0 Å². The molecule has 26 heavy (non-hydrogen) atoms. The minimum absolute atomic E-state index is 0.108. The van der Waals surface area contributed by atoms with Gasteiger partial charge in [0.15, 0.2) is 0 Å². The molecule has 0 atom stereocenters. The lowest BCUT2D eigenvalue weighted by Gasteiger charge is -2.27. The van der Waals surface area contributed by atoms with Crippen LogP contribution in [0.25, 0.3) is 10.9 Å². The molecule has 0 aliphatic carbocycles. The molecule has 0 saturated heterocycles. The summed E-state index contributed by atoms with van der Waals surface area (Å²) in [5.74, 6) is 0.670. The van der Waals surface area contributed by atoms with Crippen LogP contribution in [0.3, 0.4) is 0 Å². The Kier molecular flexibility index (Phi) is 4.37. The number of aromatic nitrogens is 1. The Morgan fingerprint density at radius 1 is 1.27 bits per heavy atom. The van der Waals surface area contributed by atoms with E-state index in [4.69, 9.17) is 4.74 Å². The Labute approximate surface area is 151 Å². The number of para-hydroxylation sites is 1. The molecule has 0 bridgehead atoms. The number of fused-ring (bicyclic) bond motifs is 3. The SMILES string of the molecule is COc1cccc2c3c([nH]c12)CCN(C(=O)CCc1cccc(F)c1)C3. The van der Waals surface area contributed by atoms with Crippen LogP contribution in [0.15, 0.2) is 42.5 Å². The van der Waals surface area contributed by atoms with Crippen LogP contribution in [-0.4, -0.2) is 29.4 Å². The number of nitrogens with zero attached hydrogens (tertiary/aromatic N) is 1. The fourth-order valence-corrected chi connectivity index (χ4v) is 3.70. The molecule has 3 aromatic rings. The number of nitrogens with one attached hydrogen (secondary N) is 1. The number of rotatable bonds is 4. The van der Waals surface area contributed by atoms with Gasteiger partial charge in [0.25, 0.3) is 0 Å². The first kappa shape index (κ1) is 16.6. The molecule has 4 nitrogen and oxygen atoms in total. The highest BCUT2D eigenvalue weighted by Gasteiger charge is 2.24. The van der Waals surface area contributed by atoms with Gasteiger partial charge in [-0.2, -0.15) is 0 Å². The summed E-state index contributed by atoms with van der Waals surface area (Å²) >= 11 is 0. The largest absolute Gasteiger partial charge is 0.495 e. The average molecular weight is 352 g/mol. The van der Waals surface area contributed by atoms with Gasteiger partial charge in [-0.3, -0.25) is 4.79 Å². The Morgan fingerprint density at radius 2 is 2.12 bits per heavy atom. The van der Waals surface area contributed by atoms with Gasteiger partial charge in [0.05, 0.1) is 12.6 Å². The highest BCUT2D eigenvalue weighted by Crippen LogP contribution is 2.33. The van der Waals surface area contributed by atoms with Gasteiger partial charge in [0.2, 0.25) is 5.91 Å². The van der Waals surface area contributed by atoms with E-state index >= 15 is 0 Å². The maximum atomic E-state index is 13.3. The van der Waals surface area contributed by atoms with Crippen molar-refractivity contribution in [3.63, 3.8) is 0 Å². The standard InChI is InChI=1S/C21H21FN2O2/c1-26-19-7-3-6-16-17-13-24(11-10-18(17)23-21(16)19)20(25)9-8-14-4-2-5-15(22)12-14/h2-7,12,23H,8-11,13H2,1H3. The third kappa shape index (κ3) is 3.05. The quantitative estimate of drug-likeness (QED) is 0.776. The highest BCUT2D eigenvalue weighted by molar-refractivity contribution is 5.90. The van der Waals surface area contributed by atoms with E-state index < -0.39 is 0 Å².